The molecule has 0 aliphatic rings. The van der Waals surface area contributed by atoms with Gasteiger partial charge in [-0.2, -0.15) is 0 Å². The van der Waals surface area contributed by atoms with Gasteiger partial charge in [0.1, 0.15) is 0 Å². The molecule has 2 rings (SSSR count). The second kappa shape index (κ2) is 8.15. The Bertz CT molecular complexity index is 494. The van der Waals surface area contributed by atoms with Crippen LogP contribution in [0.2, 0.25) is 0 Å². The molecule has 0 spiro atoms. The van der Waals surface area contributed by atoms with E-state index in [2.05, 4.69) is 17.6 Å². The van der Waals surface area contributed by atoms with Crippen LogP contribution in [-0.2, 0) is 0 Å². The highest BCUT2D eigenvalue weighted by Gasteiger charge is 2.08. The molecule has 0 unspecified atom stereocenters. The molecule has 1 heterocycles. The van der Waals surface area contributed by atoms with E-state index in [1.807, 2.05) is 30.3 Å². The zero-order valence-corrected chi connectivity index (χ0v) is 12.6. The molecule has 0 aliphatic heterocycles. The van der Waals surface area contributed by atoms with Gasteiger partial charge in [-0.25, -0.2) is 0 Å². The smallest absolute Gasteiger partial charge is 0.261 e. The zero-order valence-electron chi connectivity index (χ0n) is 10.9. The van der Waals surface area contributed by atoms with Crippen molar-refractivity contribution in [2.45, 2.75) is 13.3 Å². The minimum Gasteiger partial charge on any atom is -0.350 e. The maximum Gasteiger partial charge on any atom is 0.261 e. The minimum absolute atomic E-state index is 0. The van der Waals surface area contributed by atoms with Crippen molar-refractivity contribution in [1.29, 1.82) is 0 Å². The molecule has 0 atom stereocenters. The fourth-order valence-corrected chi connectivity index (χ4v) is 2.73. The Morgan fingerprint density at radius 2 is 2.00 bits per heavy atom. The molecular formula is C14H19ClN2OS. The molecule has 0 saturated carbocycles. The first-order chi connectivity index (χ1) is 8.81. The molecule has 0 saturated heterocycles. The van der Waals surface area contributed by atoms with Gasteiger partial charge in [0.25, 0.3) is 5.91 Å². The van der Waals surface area contributed by atoms with Crippen LogP contribution >= 0.6 is 23.7 Å². The lowest BCUT2D eigenvalue weighted by molar-refractivity contribution is 0.0958. The monoisotopic (exact) mass is 298 g/mol. The van der Waals surface area contributed by atoms with Gasteiger partial charge >= 0.3 is 0 Å². The molecule has 19 heavy (non-hydrogen) atoms. The predicted molar refractivity (Wildman–Crippen MR) is 84.6 cm³/mol. The molecule has 0 aliphatic carbocycles. The maximum atomic E-state index is 11.9. The van der Waals surface area contributed by atoms with Gasteiger partial charge in [-0.15, -0.1) is 23.7 Å². The van der Waals surface area contributed by atoms with Crippen LogP contribution in [0.5, 0.6) is 0 Å². The number of halogens is 1. The second-order valence-electron chi connectivity index (χ2n) is 4.15. The number of fused-ring (bicyclic) bond motifs is 1. The van der Waals surface area contributed by atoms with Gasteiger partial charge < -0.3 is 10.6 Å². The molecule has 104 valence electrons. The Labute approximate surface area is 123 Å². The number of carbonyl (C=O) groups is 1. The average Bonchev–Trinajstić information content (AvgIpc) is 2.82. The van der Waals surface area contributed by atoms with Crippen LogP contribution in [0.3, 0.4) is 0 Å². The standard InChI is InChI=1S/C14H18N2OS.ClH/c1-2-7-15-8-9-16-14(17)13-10-11-5-3-4-6-12(11)18-13;/h3-6,10,15H,2,7-9H2,1H3,(H,16,17);1H. The van der Waals surface area contributed by atoms with E-state index >= 15 is 0 Å². The Morgan fingerprint density at radius 1 is 1.21 bits per heavy atom. The summed E-state index contributed by atoms with van der Waals surface area (Å²) in [6, 6.07) is 10.0. The predicted octanol–water partition coefficient (Wildman–Crippen LogP) is 3.05. The van der Waals surface area contributed by atoms with Crippen molar-refractivity contribution >= 4 is 39.7 Å². The molecule has 1 aromatic heterocycles. The summed E-state index contributed by atoms with van der Waals surface area (Å²) in [5, 5.41) is 7.32. The Kier molecular flexibility index (Phi) is 6.84. The van der Waals surface area contributed by atoms with E-state index in [-0.39, 0.29) is 18.3 Å². The van der Waals surface area contributed by atoms with Gasteiger partial charge in [0.05, 0.1) is 4.88 Å². The summed E-state index contributed by atoms with van der Waals surface area (Å²) < 4.78 is 1.16. The van der Waals surface area contributed by atoms with Crippen LogP contribution in [0.4, 0.5) is 0 Å². The van der Waals surface area contributed by atoms with Gasteiger partial charge in [0.2, 0.25) is 0 Å². The normalized spacial score (nSPS) is 10.2. The SMILES string of the molecule is CCCNCCNC(=O)c1cc2ccccc2s1.Cl. The highest BCUT2D eigenvalue weighted by molar-refractivity contribution is 7.20. The molecule has 0 fully saturated rings. The lowest BCUT2D eigenvalue weighted by atomic mass is 10.2. The number of carbonyl (C=O) groups excluding carboxylic acids is 1. The lowest BCUT2D eigenvalue weighted by Gasteiger charge is -2.04. The van der Waals surface area contributed by atoms with E-state index in [1.165, 1.54) is 0 Å². The quantitative estimate of drug-likeness (QED) is 0.805. The van der Waals surface area contributed by atoms with E-state index in [1.54, 1.807) is 11.3 Å². The first kappa shape index (κ1) is 16.0. The fourth-order valence-electron chi connectivity index (χ4n) is 1.75. The molecular weight excluding hydrogens is 280 g/mol. The van der Waals surface area contributed by atoms with Gasteiger partial charge in [0.15, 0.2) is 0 Å². The van der Waals surface area contributed by atoms with Crippen molar-refractivity contribution < 1.29 is 4.79 Å². The van der Waals surface area contributed by atoms with Gasteiger partial charge in [0, 0.05) is 17.8 Å². The number of amides is 1. The first-order valence-corrected chi connectivity index (χ1v) is 7.10. The topological polar surface area (TPSA) is 41.1 Å². The summed E-state index contributed by atoms with van der Waals surface area (Å²) in [5.41, 5.74) is 0. The number of thiophene rings is 1. The summed E-state index contributed by atoms with van der Waals surface area (Å²) in [4.78, 5) is 12.7. The number of rotatable bonds is 6. The summed E-state index contributed by atoms with van der Waals surface area (Å²) in [6.45, 7) is 4.62. The maximum absolute atomic E-state index is 11.9. The number of hydrogen-bond donors (Lipinski definition) is 2. The Balaban J connectivity index is 0.00000180. The van der Waals surface area contributed by atoms with Crippen molar-refractivity contribution in [1.82, 2.24) is 10.6 Å². The van der Waals surface area contributed by atoms with Gasteiger partial charge in [-0.05, 0) is 30.5 Å². The molecule has 1 aromatic carbocycles. The lowest BCUT2D eigenvalue weighted by Crippen LogP contribution is -2.31. The summed E-state index contributed by atoms with van der Waals surface area (Å²) >= 11 is 1.54. The number of benzene rings is 1. The zero-order chi connectivity index (χ0) is 12.8. The third kappa shape index (κ3) is 4.49. The molecule has 5 heteroatoms. The third-order valence-corrected chi connectivity index (χ3v) is 3.78. The Morgan fingerprint density at radius 3 is 2.74 bits per heavy atom. The fraction of sp³-hybridized carbons (Fsp3) is 0.357. The van der Waals surface area contributed by atoms with Crippen molar-refractivity contribution in [3.05, 3.63) is 35.2 Å². The van der Waals surface area contributed by atoms with Gasteiger partial charge in [-0.1, -0.05) is 25.1 Å². The highest BCUT2D eigenvalue weighted by Crippen LogP contribution is 2.24. The van der Waals surface area contributed by atoms with Crippen LogP contribution in [-0.4, -0.2) is 25.5 Å². The highest BCUT2D eigenvalue weighted by atomic mass is 35.5. The Hall–Kier alpha value is -1.10. The molecule has 2 aromatic rings. The van der Waals surface area contributed by atoms with E-state index in [0.717, 1.165) is 34.5 Å². The third-order valence-electron chi connectivity index (χ3n) is 2.66. The number of nitrogens with one attached hydrogen (secondary N) is 2. The van der Waals surface area contributed by atoms with Crippen LogP contribution < -0.4 is 10.6 Å². The summed E-state index contributed by atoms with van der Waals surface area (Å²) in [6.07, 6.45) is 1.12. The van der Waals surface area contributed by atoms with Crippen molar-refractivity contribution in [3.63, 3.8) is 0 Å². The van der Waals surface area contributed by atoms with Crippen molar-refractivity contribution in [2.75, 3.05) is 19.6 Å². The van der Waals surface area contributed by atoms with Crippen LogP contribution in [0.1, 0.15) is 23.0 Å². The average molecular weight is 299 g/mol. The van der Waals surface area contributed by atoms with Crippen molar-refractivity contribution in [2.24, 2.45) is 0 Å². The second-order valence-corrected chi connectivity index (χ2v) is 5.24. The first-order valence-electron chi connectivity index (χ1n) is 6.28. The van der Waals surface area contributed by atoms with E-state index < -0.39 is 0 Å². The largest absolute Gasteiger partial charge is 0.350 e. The molecule has 3 nitrogen and oxygen atoms in total. The summed E-state index contributed by atoms with van der Waals surface area (Å²) in [7, 11) is 0. The van der Waals surface area contributed by atoms with Crippen LogP contribution in [0.15, 0.2) is 30.3 Å². The van der Waals surface area contributed by atoms with Crippen LogP contribution in [0.25, 0.3) is 10.1 Å². The molecule has 2 N–H and O–H groups in total. The number of hydrogen-bond acceptors (Lipinski definition) is 3. The summed E-state index contributed by atoms with van der Waals surface area (Å²) in [5.74, 6) is 0.0227. The van der Waals surface area contributed by atoms with Crippen LogP contribution in [0, 0.1) is 0 Å². The molecule has 0 bridgehead atoms. The van der Waals surface area contributed by atoms with E-state index in [9.17, 15) is 4.79 Å². The minimum atomic E-state index is 0. The molecule has 0 radical (unpaired) electrons. The van der Waals surface area contributed by atoms with Crippen molar-refractivity contribution in [3.8, 4) is 0 Å². The molecule has 1 amide bonds. The van der Waals surface area contributed by atoms with Gasteiger partial charge in [-0.3, -0.25) is 4.79 Å². The van der Waals surface area contributed by atoms with E-state index in [0.29, 0.717) is 6.54 Å². The van der Waals surface area contributed by atoms with E-state index in [4.69, 9.17) is 0 Å².